The first-order valence-corrected chi connectivity index (χ1v) is 10.7. The van der Waals surface area contributed by atoms with E-state index in [1.54, 1.807) is 24.3 Å². The average Bonchev–Trinajstić information content (AvgIpc) is 3.00. The molecule has 0 saturated carbocycles. The van der Waals surface area contributed by atoms with Gasteiger partial charge in [-0.1, -0.05) is 36.8 Å². The van der Waals surface area contributed by atoms with Gasteiger partial charge in [-0.15, -0.1) is 0 Å². The van der Waals surface area contributed by atoms with Gasteiger partial charge in [0.2, 0.25) is 5.91 Å². The third-order valence-electron chi connectivity index (χ3n) is 5.95. The molecule has 31 heavy (non-hydrogen) atoms. The number of nitrogens with zero attached hydrogens (tertiary/aromatic N) is 2. The Morgan fingerprint density at radius 1 is 0.935 bits per heavy atom. The summed E-state index contributed by atoms with van der Waals surface area (Å²) in [6.45, 7) is 7.18. The van der Waals surface area contributed by atoms with Gasteiger partial charge in [0.15, 0.2) is 0 Å². The van der Waals surface area contributed by atoms with Crippen molar-refractivity contribution in [2.24, 2.45) is 5.92 Å². The molecule has 160 valence electrons. The summed E-state index contributed by atoms with van der Waals surface area (Å²) in [5.74, 6) is -0.160. The predicted molar refractivity (Wildman–Crippen MR) is 121 cm³/mol. The highest BCUT2D eigenvalue weighted by molar-refractivity contribution is 6.45. The Bertz CT molecular complexity index is 1050. The summed E-state index contributed by atoms with van der Waals surface area (Å²) in [6.07, 6.45) is 2.00. The number of aryl methyl sites for hydroxylation is 1. The van der Waals surface area contributed by atoms with Gasteiger partial charge >= 0.3 is 0 Å². The number of benzene rings is 2. The lowest BCUT2D eigenvalue weighted by atomic mass is 9.97. The SMILES string of the molecule is CC(=O)Nc1ccc(N2C(=O)C(c3ccc(C)cc3)=C(N3CCC(C)CC3)C2=O)cc1. The molecule has 6 nitrogen and oxygen atoms in total. The first-order chi connectivity index (χ1) is 14.8. The zero-order valence-electron chi connectivity index (χ0n) is 18.1. The van der Waals surface area contributed by atoms with Gasteiger partial charge in [-0.3, -0.25) is 14.4 Å². The van der Waals surface area contributed by atoms with Crippen LogP contribution in [-0.4, -0.2) is 35.7 Å². The van der Waals surface area contributed by atoms with E-state index in [-0.39, 0.29) is 17.7 Å². The maximum absolute atomic E-state index is 13.5. The minimum atomic E-state index is -0.310. The van der Waals surface area contributed by atoms with E-state index in [2.05, 4.69) is 17.1 Å². The lowest BCUT2D eigenvalue weighted by Gasteiger charge is -2.32. The Hall–Kier alpha value is -3.41. The normalized spacial score (nSPS) is 17.5. The number of rotatable bonds is 4. The van der Waals surface area contributed by atoms with Crippen LogP contribution in [0.25, 0.3) is 5.57 Å². The topological polar surface area (TPSA) is 69.7 Å². The van der Waals surface area contributed by atoms with Gasteiger partial charge in [-0.25, -0.2) is 4.90 Å². The van der Waals surface area contributed by atoms with Gasteiger partial charge in [0, 0.05) is 25.7 Å². The van der Waals surface area contributed by atoms with E-state index in [9.17, 15) is 14.4 Å². The van der Waals surface area contributed by atoms with Gasteiger partial charge < -0.3 is 10.2 Å². The lowest BCUT2D eigenvalue weighted by Crippen LogP contribution is -2.38. The number of hydrogen-bond acceptors (Lipinski definition) is 4. The van der Waals surface area contributed by atoms with Crippen LogP contribution in [0.1, 0.15) is 37.8 Å². The number of carbonyl (C=O) groups excluding carboxylic acids is 3. The standard InChI is InChI=1S/C25H27N3O3/c1-16-4-6-19(7-5-16)22-23(27-14-12-17(2)13-15-27)25(31)28(24(22)30)21-10-8-20(9-11-21)26-18(3)29/h4-11,17H,12-15H2,1-3H3,(H,26,29). The highest BCUT2D eigenvalue weighted by atomic mass is 16.2. The summed E-state index contributed by atoms with van der Waals surface area (Å²) in [5, 5.41) is 2.70. The molecule has 1 fully saturated rings. The first-order valence-electron chi connectivity index (χ1n) is 10.7. The molecule has 2 heterocycles. The fourth-order valence-electron chi connectivity index (χ4n) is 4.16. The van der Waals surface area contributed by atoms with Crippen LogP contribution < -0.4 is 10.2 Å². The molecule has 2 aromatic carbocycles. The van der Waals surface area contributed by atoms with Crippen molar-refractivity contribution in [3.8, 4) is 0 Å². The summed E-state index contributed by atoms with van der Waals surface area (Å²) in [7, 11) is 0. The Kier molecular flexibility index (Phi) is 5.63. The molecule has 2 aromatic rings. The van der Waals surface area contributed by atoms with Gasteiger partial charge in [0.05, 0.1) is 11.3 Å². The Morgan fingerprint density at radius 3 is 2.13 bits per heavy atom. The molecule has 0 unspecified atom stereocenters. The molecule has 1 N–H and O–H groups in total. The summed E-state index contributed by atoms with van der Waals surface area (Å²) >= 11 is 0. The van der Waals surface area contributed by atoms with Crippen LogP contribution in [-0.2, 0) is 14.4 Å². The van der Waals surface area contributed by atoms with E-state index in [1.807, 2.05) is 31.2 Å². The molecule has 0 aliphatic carbocycles. The predicted octanol–water partition coefficient (Wildman–Crippen LogP) is 3.97. The van der Waals surface area contributed by atoms with Gasteiger partial charge in [-0.2, -0.15) is 0 Å². The molecule has 4 rings (SSSR count). The number of carbonyl (C=O) groups is 3. The Morgan fingerprint density at radius 2 is 1.55 bits per heavy atom. The second-order valence-electron chi connectivity index (χ2n) is 8.43. The molecule has 0 radical (unpaired) electrons. The molecule has 6 heteroatoms. The van der Waals surface area contributed by atoms with Crippen molar-refractivity contribution >= 4 is 34.7 Å². The molecule has 0 atom stereocenters. The van der Waals surface area contributed by atoms with E-state index in [0.29, 0.717) is 28.6 Å². The summed E-state index contributed by atoms with van der Waals surface area (Å²) in [4.78, 5) is 41.7. The van der Waals surface area contributed by atoms with Crippen molar-refractivity contribution in [3.05, 3.63) is 65.4 Å². The fraction of sp³-hybridized carbons (Fsp3) is 0.320. The number of anilines is 2. The Balaban J connectivity index is 1.73. The highest BCUT2D eigenvalue weighted by Crippen LogP contribution is 2.36. The zero-order valence-corrected chi connectivity index (χ0v) is 18.1. The zero-order chi connectivity index (χ0) is 22.1. The second-order valence-corrected chi connectivity index (χ2v) is 8.43. The van der Waals surface area contributed by atoms with Crippen LogP contribution in [0.2, 0.25) is 0 Å². The molecular formula is C25H27N3O3. The van der Waals surface area contributed by atoms with Gasteiger partial charge in [0.25, 0.3) is 11.8 Å². The number of nitrogens with one attached hydrogen (secondary N) is 1. The van der Waals surface area contributed by atoms with Crippen molar-refractivity contribution in [3.63, 3.8) is 0 Å². The van der Waals surface area contributed by atoms with Crippen molar-refractivity contribution in [1.29, 1.82) is 0 Å². The number of imide groups is 1. The summed E-state index contributed by atoms with van der Waals surface area (Å²) < 4.78 is 0. The third kappa shape index (κ3) is 4.10. The minimum Gasteiger partial charge on any atom is -0.366 e. The number of amides is 3. The maximum Gasteiger partial charge on any atom is 0.282 e. The van der Waals surface area contributed by atoms with Crippen molar-refractivity contribution in [2.45, 2.75) is 33.6 Å². The summed E-state index contributed by atoms with van der Waals surface area (Å²) in [5.41, 5.74) is 3.92. The molecule has 2 aliphatic rings. The van der Waals surface area contributed by atoms with Crippen molar-refractivity contribution < 1.29 is 14.4 Å². The first kappa shape index (κ1) is 20.8. The Labute approximate surface area is 182 Å². The van der Waals surface area contributed by atoms with Crippen LogP contribution >= 0.6 is 0 Å². The average molecular weight is 418 g/mol. The van der Waals surface area contributed by atoms with Gasteiger partial charge in [0.1, 0.15) is 5.70 Å². The van der Waals surface area contributed by atoms with Crippen LogP contribution in [0, 0.1) is 12.8 Å². The highest BCUT2D eigenvalue weighted by Gasteiger charge is 2.42. The smallest absolute Gasteiger partial charge is 0.282 e. The molecule has 0 bridgehead atoms. The van der Waals surface area contributed by atoms with E-state index >= 15 is 0 Å². The molecule has 2 aliphatic heterocycles. The van der Waals surface area contributed by atoms with Gasteiger partial charge in [-0.05, 0) is 55.5 Å². The quantitative estimate of drug-likeness (QED) is 0.765. The van der Waals surface area contributed by atoms with E-state index in [0.717, 1.165) is 37.1 Å². The molecule has 1 saturated heterocycles. The van der Waals surface area contributed by atoms with Crippen LogP contribution in [0.15, 0.2) is 54.2 Å². The monoisotopic (exact) mass is 417 g/mol. The van der Waals surface area contributed by atoms with Crippen molar-refractivity contribution in [2.75, 3.05) is 23.3 Å². The molecule has 0 aromatic heterocycles. The number of piperidine rings is 1. The number of hydrogen-bond donors (Lipinski definition) is 1. The van der Waals surface area contributed by atoms with Crippen LogP contribution in [0.5, 0.6) is 0 Å². The maximum atomic E-state index is 13.5. The summed E-state index contributed by atoms with van der Waals surface area (Å²) in [6, 6.07) is 14.5. The van der Waals surface area contributed by atoms with Crippen LogP contribution in [0.3, 0.4) is 0 Å². The molecule has 3 amide bonds. The lowest BCUT2D eigenvalue weighted by molar-refractivity contribution is -0.121. The molecular weight excluding hydrogens is 390 g/mol. The van der Waals surface area contributed by atoms with Crippen LogP contribution in [0.4, 0.5) is 11.4 Å². The van der Waals surface area contributed by atoms with E-state index in [1.165, 1.54) is 11.8 Å². The van der Waals surface area contributed by atoms with E-state index < -0.39 is 0 Å². The van der Waals surface area contributed by atoms with E-state index in [4.69, 9.17) is 0 Å². The largest absolute Gasteiger partial charge is 0.366 e. The minimum absolute atomic E-state index is 0.175. The fourth-order valence-corrected chi connectivity index (χ4v) is 4.16. The third-order valence-corrected chi connectivity index (χ3v) is 5.95. The second kappa shape index (κ2) is 8.38. The van der Waals surface area contributed by atoms with Crippen molar-refractivity contribution in [1.82, 2.24) is 4.90 Å². The number of likely N-dealkylation sites (tertiary alicyclic amines) is 1. The molecule has 0 spiro atoms.